The van der Waals surface area contributed by atoms with Gasteiger partial charge in [-0.05, 0) is 38.0 Å². The molecule has 0 aromatic heterocycles. The van der Waals surface area contributed by atoms with Crippen LogP contribution in [0.1, 0.15) is 40.2 Å². The van der Waals surface area contributed by atoms with E-state index >= 15 is 0 Å². The van der Waals surface area contributed by atoms with E-state index in [4.69, 9.17) is 4.74 Å². The van der Waals surface area contributed by atoms with Gasteiger partial charge >= 0.3 is 5.97 Å². The number of carbonyl (C=O) groups excluding carboxylic acids is 2. The van der Waals surface area contributed by atoms with Crippen LogP contribution in [0.2, 0.25) is 0 Å². The lowest BCUT2D eigenvalue weighted by atomic mass is 10.0. The number of ether oxygens (including phenoxy) is 1. The van der Waals surface area contributed by atoms with E-state index in [1.165, 1.54) is 6.92 Å². The van der Waals surface area contributed by atoms with Crippen molar-refractivity contribution in [3.05, 3.63) is 34.9 Å². The molecule has 3 nitrogen and oxygen atoms in total. The molecular formula is C13H15BrO3. The third-order valence-corrected chi connectivity index (χ3v) is 3.57. The summed E-state index contributed by atoms with van der Waals surface area (Å²) in [4.78, 5) is 22.5. The Kier molecular flexibility index (Phi) is 4.87. The number of ketones is 1. The Hall–Kier alpha value is -1.16. The van der Waals surface area contributed by atoms with Crippen molar-refractivity contribution in [1.29, 1.82) is 0 Å². The molecule has 92 valence electrons. The average Bonchev–Trinajstić information content (AvgIpc) is 2.27. The molecule has 0 bridgehead atoms. The summed E-state index contributed by atoms with van der Waals surface area (Å²) in [7, 11) is 0. The lowest BCUT2D eigenvalue weighted by molar-refractivity contribution is -0.116. The van der Waals surface area contributed by atoms with Gasteiger partial charge in [-0.3, -0.25) is 4.79 Å². The van der Waals surface area contributed by atoms with Crippen molar-refractivity contribution in [1.82, 2.24) is 0 Å². The Morgan fingerprint density at radius 3 is 2.53 bits per heavy atom. The van der Waals surface area contributed by atoms with Crippen molar-refractivity contribution in [2.24, 2.45) is 0 Å². The number of hydrogen-bond acceptors (Lipinski definition) is 3. The van der Waals surface area contributed by atoms with Gasteiger partial charge in [0.05, 0.1) is 17.0 Å². The molecule has 0 radical (unpaired) electrons. The van der Waals surface area contributed by atoms with Crippen molar-refractivity contribution in [2.75, 3.05) is 6.61 Å². The van der Waals surface area contributed by atoms with Crippen LogP contribution in [0.3, 0.4) is 0 Å². The predicted molar refractivity (Wildman–Crippen MR) is 69.5 cm³/mol. The van der Waals surface area contributed by atoms with Crippen LogP contribution in [0.5, 0.6) is 0 Å². The van der Waals surface area contributed by atoms with Gasteiger partial charge in [0.25, 0.3) is 0 Å². The lowest BCUT2D eigenvalue weighted by Gasteiger charge is -2.10. The number of esters is 1. The second-order valence-corrected chi connectivity index (χ2v) is 4.68. The van der Waals surface area contributed by atoms with Crippen LogP contribution in [-0.2, 0) is 9.53 Å². The minimum absolute atomic E-state index is 0.0354. The molecule has 1 aromatic carbocycles. The predicted octanol–water partition coefficient (Wildman–Crippen LogP) is 3.20. The summed E-state index contributed by atoms with van der Waals surface area (Å²) >= 11 is 3.31. The van der Waals surface area contributed by atoms with Gasteiger partial charge in [-0.1, -0.05) is 28.1 Å². The van der Waals surface area contributed by atoms with Crippen molar-refractivity contribution >= 4 is 27.7 Å². The number of halogens is 1. The first-order valence-corrected chi connectivity index (χ1v) is 6.31. The zero-order valence-corrected chi connectivity index (χ0v) is 11.7. The molecule has 0 saturated heterocycles. The van der Waals surface area contributed by atoms with E-state index in [2.05, 4.69) is 15.9 Å². The monoisotopic (exact) mass is 298 g/mol. The van der Waals surface area contributed by atoms with Gasteiger partial charge in [0.15, 0.2) is 0 Å². The molecule has 1 aromatic rings. The van der Waals surface area contributed by atoms with Gasteiger partial charge in [-0.2, -0.15) is 0 Å². The maximum absolute atomic E-state index is 11.6. The highest BCUT2D eigenvalue weighted by molar-refractivity contribution is 9.09. The lowest BCUT2D eigenvalue weighted by Crippen LogP contribution is -2.08. The van der Waals surface area contributed by atoms with Crippen molar-refractivity contribution < 1.29 is 14.3 Å². The van der Waals surface area contributed by atoms with Crippen LogP contribution >= 0.6 is 15.9 Å². The van der Waals surface area contributed by atoms with E-state index in [9.17, 15) is 9.59 Å². The first-order chi connectivity index (χ1) is 7.97. The smallest absolute Gasteiger partial charge is 0.338 e. The average molecular weight is 299 g/mol. The minimum Gasteiger partial charge on any atom is -0.462 e. The molecular weight excluding hydrogens is 284 g/mol. The highest BCUT2D eigenvalue weighted by Crippen LogP contribution is 2.25. The largest absolute Gasteiger partial charge is 0.462 e. The van der Waals surface area contributed by atoms with Gasteiger partial charge in [0.2, 0.25) is 0 Å². The molecule has 0 saturated carbocycles. The van der Waals surface area contributed by atoms with Crippen molar-refractivity contribution in [3.8, 4) is 0 Å². The van der Waals surface area contributed by atoms with E-state index in [-0.39, 0.29) is 16.6 Å². The summed E-state index contributed by atoms with van der Waals surface area (Å²) in [5.74, 6) is -0.293. The normalized spacial score (nSPS) is 12.0. The molecule has 4 heteroatoms. The maximum atomic E-state index is 11.6. The summed E-state index contributed by atoms with van der Waals surface area (Å²) in [5, 5.41) is 0. The number of Topliss-reactive ketones (excluding diaryl/α,β-unsaturated/α-hetero) is 1. The highest BCUT2D eigenvalue weighted by atomic mass is 79.9. The van der Waals surface area contributed by atoms with Crippen LogP contribution in [-0.4, -0.2) is 18.4 Å². The van der Waals surface area contributed by atoms with E-state index < -0.39 is 0 Å². The fraction of sp³-hybridized carbons (Fsp3) is 0.385. The zero-order chi connectivity index (χ0) is 13.0. The Morgan fingerprint density at radius 2 is 2.06 bits per heavy atom. The zero-order valence-electron chi connectivity index (χ0n) is 10.1. The van der Waals surface area contributed by atoms with Crippen LogP contribution in [0.4, 0.5) is 0 Å². The van der Waals surface area contributed by atoms with Crippen LogP contribution in [0, 0.1) is 6.92 Å². The quantitative estimate of drug-likeness (QED) is 0.633. The molecule has 1 rings (SSSR count). The van der Waals surface area contributed by atoms with Crippen LogP contribution in [0.15, 0.2) is 18.2 Å². The third kappa shape index (κ3) is 3.40. The number of aryl methyl sites for hydroxylation is 1. The summed E-state index contributed by atoms with van der Waals surface area (Å²) in [5.41, 5.74) is 2.20. The summed E-state index contributed by atoms with van der Waals surface area (Å²) in [6.45, 7) is 5.48. The first kappa shape index (κ1) is 13.9. The highest BCUT2D eigenvalue weighted by Gasteiger charge is 2.16. The molecule has 1 atom stereocenters. The molecule has 0 heterocycles. The molecule has 0 N–H and O–H groups in total. The molecule has 0 aliphatic heterocycles. The van der Waals surface area contributed by atoms with Gasteiger partial charge in [-0.15, -0.1) is 0 Å². The van der Waals surface area contributed by atoms with Crippen molar-refractivity contribution in [3.63, 3.8) is 0 Å². The summed E-state index contributed by atoms with van der Waals surface area (Å²) < 4.78 is 4.94. The fourth-order valence-corrected chi connectivity index (χ4v) is 1.80. The van der Waals surface area contributed by atoms with Gasteiger partial charge in [-0.25, -0.2) is 4.79 Å². The van der Waals surface area contributed by atoms with E-state index in [0.717, 1.165) is 11.1 Å². The molecule has 1 unspecified atom stereocenters. The Labute approximate surface area is 109 Å². The van der Waals surface area contributed by atoms with Gasteiger partial charge < -0.3 is 4.74 Å². The Bertz CT molecular complexity index is 440. The van der Waals surface area contributed by atoms with E-state index in [1.54, 1.807) is 19.1 Å². The van der Waals surface area contributed by atoms with E-state index in [1.807, 2.05) is 13.0 Å². The molecule has 0 aliphatic rings. The summed E-state index contributed by atoms with van der Waals surface area (Å²) in [6.07, 6.45) is 0. The maximum Gasteiger partial charge on any atom is 0.338 e. The molecule has 0 fully saturated rings. The number of carbonyl (C=O) groups is 2. The molecule has 0 aliphatic carbocycles. The first-order valence-electron chi connectivity index (χ1n) is 5.39. The second kappa shape index (κ2) is 5.96. The van der Waals surface area contributed by atoms with Gasteiger partial charge in [0.1, 0.15) is 5.78 Å². The summed E-state index contributed by atoms with van der Waals surface area (Å²) in [6, 6.07) is 5.28. The van der Waals surface area contributed by atoms with E-state index in [0.29, 0.717) is 12.2 Å². The number of benzene rings is 1. The Morgan fingerprint density at radius 1 is 1.41 bits per heavy atom. The van der Waals surface area contributed by atoms with Gasteiger partial charge in [0, 0.05) is 0 Å². The second-order valence-electron chi connectivity index (χ2n) is 3.77. The minimum atomic E-state index is -0.328. The standard InChI is InChI=1S/C13H15BrO3/c1-4-17-13(16)11-6-5-10(7-8(11)2)12(14)9(3)15/h5-7,12H,4H2,1-3H3. The molecule has 17 heavy (non-hydrogen) atoms. The third-order valence-electron chi connectivity index (χ3n) is 2.40. The number of alkyl halides is 1. The molecule has 0 spiro atoms. The molecule has 0 amide bonds. The van der Waals surface area contributed by atoms with Crippen LogP contribution in [0.25, 0.3) is 0 Å². The number of rotatable bonds is 4. The Balaban J connectivity index is 3.01. The van der Waals surface area contributed by atoms with Crippen LogP contribution < -0.4 is 0 Å². The SMILES string of the molecule is CCOC(=O)c1ccc(C(Br)C(C)=O)cc1C. The fourth-order valence-electron chi connectivity index (χ4n) is 1.52. The topological polar surface area (TPSA) is 43.4 Å². The number of hydrogen-bond donors (Lipinski definition) is 0. The van der Waals surface area contributed by atoms with Crippen molar-refractivity contribution in [2.45, 2.75) is 25.6 Å².